The van der Waals surface area contributed by atoms with Crippen LogP contribution in [0.4, 0.5) is 29.2 Å². The lowest BCUT2D eigenvalue weighted by Gasteiger charge is -2.27. The summed E-state index contributed by atoms with van der Waals surface area (Å²) in [7, 11) is 0. The molecule has 0 bridgehead atoms. The molecular weight excluding hydrogens is 492 g/mol. The summed E-state index contributed by atoms with van der Waals surface area (Å²) in [4.78, 5) is 26.0. The molecule has 11 nitrogen and oxygen atoms in total. The molecule has 1 aliphatic rings. The number of nitro groups is 1. The van der Waals surface area contributed by atoms with Crippen molar-refractivity contribution in [3.8, 4) is 0 Å². The fourth-order valence-corrected chi connectivity index (χ4v) is 3.69. The number of rotatable bonds is 7. The number of aryl methyl sites for hydroxylation is 1. The topological polar surface area (TPSA) is 131 Å². The van der Waals surface area contributed by atoms with E-state index in [-0.39, 0.29) is 11.6 Å². The quantitative estimate of drug-likeness (QED) is 0.275. The zero-order valence-electron chi connectivity index (χ0n) is 17.7. The van der Waals surface area contributed by atoms with E-state index in [9.17, 15) is 10.1 Å². The molecule has 12 heteroatoms. The van der Waals surface area contributed by atoms with E-state index in [1.807, 2.05) is 30.0 Å². The Bertz CT molecular complexity index is 1180. The minimum atomic E-state index is -0.452. The molecular formula is C21H21BrN8O3. The molecule has 0 saturated carbocycles. The van der Waals surface area contributed by atoms with Crippen LogP contribution in [0.2, 0.25) is 0 Å². The molecule has 33 heavy (non-hydrogen) atoms. The van der Waals surface area contributed by atoms with Gasteiger partial charge >= 0.3 is 0 Å². The standard InChI is InChI=1S/C21H21BrN8O3/c1-14-5-6-18(17(22)11-14)24-19-25-20(27-21(26-19)29-7-9-33-10-8-29)28-23-13-15-3-2-4-16(12-15)30(31)32/h2-6,11-13H,7-10H2,1H3,(H2,24,25,26,27,28)/b23-13-. The highest BCUT2D eigenvalue weighted by Gasteiger charge is 2.17. The third-order valence-corrected chi connectivity index (χ3v) is 5.40. The Morgan fingerprint density at radius 3 is 2.70 bits per heavy atom. The van der Waals surface area contributed by atoms with Crippen LogP contribution in [-0.2, 0) is 4.74 Å². The number of hydrazone groups is 1. The van der Waals surface area contributed by atoms with Gasteiger partial charge in [0.1, 0.15) is 0 Å². The first-order chi connectivity index (χ1) is 16.0. The number of aromatic nitrogens is 3. The van der Waals surface area contributed by atoms with Crippen molar-refractivity contribution < 1.29 is 9.66 Å². The number of non-ortho nitro benzene ring substituents is 1. The van der Waals surface area contributed by atoms with Crippen LogP contribution in [0.5, 0.6) is 0 Å². The van der Waals surface area contributed by atoms with Gasteiger partial charge < -0.3 is 15.0 Å². The maximum Gasteiger partial charge on any atom is 0.270 e. The summed E-state index contributed by atoms with van der Waals surface area (Å²) < 4.78 is 6.31. The monoisotopic (exact) mass is 512 g/mol. The maximum atomic E-state index is 11.0. The molecule has 2 aromatic carbocycles. The molecule has 3 aromatic rings. The molecule has 2 N–H and O–H groups in total. The number of anilines is 4. The normalized spacial score (nSPS) is 13.8. The number of nitrogens with zero attached hydrogens (tertiary/aromatic N) is 6. The Hall–Kier alpha value is -3.64. The Kier molecular flexibility index (Phi) is 7.05. The third-order valence-electron chi connectivity index (χ3n) is 4.75. The summed E-state index contributed by atoms with van der Waals surface area (Å²) in [5.74, 6) is 1.08. The SMILES string of the molecule is Cc1ccc(Nc2nc(N/N=C\c3cccc([N+](=O)[O-])c3)nc(N3CCOCC3)n2)c(Br)c1. The Morgan fingerprint density at radius 1 is 1.15 bits per heavy atom. The van der Waals surface area contributed by atoms with E-state index in [2.05, 4.69) is 46.7 Å². The summed E-state index contributed by atoms with van der Waals surface area (Å²) >= 11 is 3.55. The van der Waals surface area contributed by atoms with Crippen molar-refractivity contribution in [3.05, 3.63) is 68.2 Å². The van der Waals surface area contributed by atoms with E-state index in [0.717, 1.165) is 15.7 Å². The lowest BCUT2D eigenvalue weighted by Crippen LogP contribution is -2.37. The highest BCUT2D eigenvalue weighted by Crippen LogP contribution is 2.26. The summed E-state index contributed by atoms with van der Waals surface area (Å²) in [6, 6.07) is 12.1. The van der Waals surface area contributed by atoms with Crippen molar-refractivity contribution in [3.63, 3.8) is 0 Å². The smallest absolute Gasteiger partial charge is 0.270 e. The zero-order chi connectivity index (χ0) is 23.2. The second kappa shape index (κ2) is 10.3. The lowest BCUT2D eigenvalue weighted by molar-refractivity contribution is -0.384. The van der Waals surface area contributed by atoms with Gasteiger partial charge in [-0.3, -0.25) is 10.1 Å². The number of nitrogens with one attached hydrogen (secondary N) is 2. The van der Waals surface area contributed by atoms with Gasteiger partial charge in [0.05, 0.1) is 30.0 Å². The number of nitro benzene ring substituents is 1. The molecule has 170 valence electrons. The van der Waals surface area contributed by atoms with Gasteiger partial charge in [-0.15, -0.1) is 0 Å². The minimum Gasteiger partial charge on any atom is -0.378 e. The van der Waals surface area contributed by atoms with E-state index < -0.39 is 4.92 Å². The second-order valence-corrected chi connectivity index (χ2v) is 8.07. The van der Waals surface area contributed by atoms with Gasteiger partial charge in [-0.1, -0.05) is 18.2 Å². The van der Waals surface area contributed by atoms with E-state index >= 15 is 0 Å². The average molecular weight is 513 g/mol. The Balaban J connectivity index is 1.58. The molecule has 4 rings (SSSR count). The Morgan fingerprint density at radius 2 is 1.94 bits per heavy atom. The molecule has 1 aliphatic heterocycles. The first-order valence-corrected chi connectivity index (χ1v) is 10.9. The first kappa shape index (κ1) is 22.6. The summed E-state index contributed by atoms with van der Waals surface area (Å²) in [6.07, 6.45) is 1.47. The highest BCUT2D eigenvalue weighted by molar-refractivity contribution is 9.10. The van der Waals surface area contributed by atoms with Crippen LogP contribution in [0.15, 0.2) is 52.0 Å². The molecule has 0 unspecified atom stereocenters. The number of hydrogen-bond acceptors (Lipinski definition) is 10. The van der Waals surface area contributed by atoms with Crippen molar-refractivity contribution in [2.75, 3.05) is 41.9 Å². The fraction of sp³-hybridized carbons (Fsp3) is 0.238. The van der Waals surface area contributed by atoms with Crippen LogP contribution < -0.4 is 15.6 Å². The zero-order valence-corrected chi connectivity index (χ0v) is 19.3. The van der Waals surface area contributed by atoms with Crippen LogP contribution >= 0.6 is 15.9 Å². The number of ether oxygens (including phenoxy) is 1. The van der Waals surface area contributed by atoms with Gasteiger partial charge in [0, 0.05) is 35.3 Å². The van der Waals surface area contributed by atoms with Crippen LogP contribution in [0.1, 0.15) is 11.1 Å². The highest BCUT2D eigenvalue weighted by atomic mass is 79.9. The van der Waals surface area contributed by atoms with Gasteiger partial charge in [0.2, 0.25) is 17.8 Å². The van der Waals surface area contributed by atoms with Crippen LogP contribution in [0, 0.1) is 17.0 Å². The number of halogens is 1. The third kappa shape index (κ3) is 5.99. The van der Waals surface area contributed by atoms with Gasteiger partial charge in [0.25, 0.3) is 5.69 Å². The molecule has 0 radical (unpaired) electrons. The van der Waals surface area contributed by atoms with E-state index in [4.69, 9.17) is 4.74 Å². The molecule has 0 atom stereocenters. The van der Waals surface area contributed by atoms with Gasteiger partial charge in [0.15, 0.2) is 0 Å². The molecule has 0 aliphatic carbocycles. The van der Waals surface area contributed by atoms with Gasteiger partial charge in [-0.2, -0.15) is 20.1 Å². The van der Waals surface area contributed by atoms with Crippen molar-refractivity contribution in [1.29, 1.82) is 0 Å². The molecule has 1 saturated heterocycles. The minimum absolute atomic E-state index is 0.0103. The lowest BCUT2D eigenvalue weighted by atomic mass is 10.2. The molecule has 1 aromatic heterocycles. The number of hydrogen-bond donors (Lipinski definition) is 2. The first-order valence-electron chi connectivity index (χ1n) is 10.1. The maximum absolute atomic E-state index is 11.0. The summed E-state index contributed by atoms with van der Waals surface area (Å²) in [5, 5.41) is 18.3. The fourth-order valence-electron chi connectivity index (χ4n) is 3.10. The predicted molar refractivity (Wildman–Crippen MR) is 129 cm³/mol. The molecule has 0 amide bonds. The van der Waals surface area contributed by atoms with E-state index in [1.165, 1.54) is 18.3 Å². The molecule has 0 spiro atoms. The van der Waals surface area contributed by atoms with Crippen LogP contribution in [-0.4, -0.2) is 52.4 Å². The second-order valence-electron chi connectivity index (χ2n) is 7.21. The summed E-state index contributed by atoms with van der Waals surface area (Å²) in [5.41, 5.74) is 5.29. The number of morpholine rings is 1. The predicted octanol–water partition coefficient (Wildman–Crippen LogP) is 3.88. The van der Waals surface area contributed by atoms with E-state index in [1.54, 1.807) is 12.1 Å². The molecule has 2 heterocycles. The van der Waals surface area contributed by atoms with Crippen molar-refractivity contribution in [1.82, 2.24) is 15.0 Å². The molecule has 1 fully saturated rings. The van der Waals surface area contributed by atoms with E-state index in [0.29, 0.717) is 43.8 Å². The van der Waals surface area contributed by atoms with Gasteiger partial charge in [-0.25, -0.2) is 5.43 Å². The largest absolute Gasteiger partial charge is 0.378 e. The van der Waals surface area contributed by atoms with Crippen molar-refractivity contribution in [2.45, 2.75) is 6.92 Å². The average Bonchev–Trinajstić information content (AvgIpc) is 2.81. The van der Waals surface area contributed by atoms with Crippen LogP contribution in [0.3, 0.4) is 0 Å². The van der Waals surface area contributed by atoms with Crippen molar-refractivity contribution >= 4 is 51.4 Å². The van der Waals surface area contributed by atoms with Crippen LogP contribution in [0.25, 0.3) is 0 Å². The number of benzene rings is 2. The summed E-state index contributed by atoms with van der Waals surface area (Å²) in [6.45, 7) is 4.51. The van der Waals surface area contributed by atoms with Gasteiger partial charge in [-0.05, 0) is 40.5 Å². The van der Waals surface area contributed by atoms with Crippen molar-refractivity contribution in [2.24, 2.45) is 5.10 Å². The Labute approximate surface area is 198 Å².